The number of rotatable bonds is 6. The minimum atomic E-state index is -0.703. The number of thiazole rings is 1. The Balaban J connectivity index is 1.28. The number of nitriles is 1. The molecule has 1 N–H and O–H groups in total. The zero-order chi connectivity index (χ0) is 20.6. The summed E-state index contributed by atoms with van der Waals surface area (Å²) in [5.41, 5.74) is 2.15. The van der Waals surface area contributed by atoms with Gasteiger partial charge in [-0.2, -0.15) is 5.26 Å². The summed E-state index contributed by atoms with van der Waals surface area (Å²) in [6.45, 7) is 0. The third kappa shape index (κ3) is 3.75. The highest BCUT2D eigenvalue weighted by Crippen LogP contribution is 2.34. The molecule has 0 unspecified atom stereocenters. The summed E-state index contributed by atoms with van der Waals surface area (Å²) in [5.74, 6) is 0.334. The van der Waals surface area contributed by atoms with E-state index in [9.17, 15) is 4.79 Å². The number of nitrogens with one attached hydrogen (secondary N) is 1. The number of carbonyl (C=O) groups is 1. The van der Waals surface area contributed by atoms with Crippen LogP contribution in [0.1, 0.15) is 29.6 Å². The molecule has 4 aromatic rings. The van der Waals surface area contributed by atoms with Gasteiger partial charge in [0.15, 0.2) is 0 Å². The van der Waals surface area contributed by atoms with Crippen LogP contribution >= 0.6 is 11.3 Å². The molecule has 3 heterocycles. The molecule has 1 aliphatic carbocycles. The molecule has 9 nitrogen and oxygen atoms in total. The van der Waals surface area contributed by atoms with Crippen molar-refractivity contribution < 1.29 is 9.21 Å². The zero-order valence-corrected chi connectivity index (χ0v) is 16.5. The predicted molar refractivity (Wildman–Crippen MR) is 107 cm³/mol. The Morgan fingerprint density at radius 3 is 2.77 bits per heavy atom. The van der Waals surface area contributed by atoms with Crippen LogP contribution in [-0.2, 0) is 17.6 Å². The van der Waals surface area contributed by atoms with Crippen molar-refractivity contribution in [2.24, 2.45) is 0 Å². The van der Waals surface area contributed by atoms with Crippen molar-refractivity contribution in [3.63, 3.8) is 0 Å². The molecule has 148 valence electrons. The molecule has 1 fully saturated rings. The maximum atomic E-state index is 12.1. The molecule has 0 aliphatic heterocycles. The molecule has 0 atom stereocenters. The van der Waals surface area contributed by atoms with Crippen molar-refractivity contribution in [2.45, 2.75) is 31.2 Å². The van der Waals surface area contributed by atoms with E-state index in [0.29, 0.717) is 25.2 Å². The van der Waals surface area contributed by atoms with Gasteiger partial charge in [-0.1, -0.05) is 6.07 Å². The van der Waals surface area contributed by atoms with Gasteiger partial charge in [0, 0.05) is 18.0 Å². The number of benzene rings is 1. The fraction of sp³-hybridized carbons (Fsp3) is 0.250. The number of nitrogens with zero attached hydrogens (tertiary/aromatic N) is 6. The fourth-order valence-electron chi connectivity index (χ4n) is 3.07. The first-order chi connectivity index (χ1) is 14.6. The van der Waals surface area contributed by atoms with E-state index in [4.69, 9.17) is 9.68 Å². The number of carbonyl (C=O) groups excluding carboxylic acids is 1. The molecule has 1 aliphatic rings. The van der Waals surface area contributed by atoms with E-state index in [0.717, 1.165) is 26.4 Å². The lowest BCUT2D eigenvalue weighted by molar-refractivity contribution is -0.121. The smallest absolute Gasteiger partial charge is 0.230 e. The first-order valence-corrected chi connectivity index (χ1v) is 10.1. The van der Waals surface area contributed by atoms with Crippen LogP contribution in [0.3, 0.4) is 0 Å². The minimum absolute atomic E-state index is 0.0429. The molecule has 30 heavy (non-hydrogen) atoms. The molecule has 1 saturated carbocycles. The molecule has 1 aromatic carbocycles. The number of hydrogen-bond acceptors (Lipinski definition) is 9. The van der Waals surface area contributed by atoms with E-state index in [1.807, 2.05) is 12.1 Å². The van der Waals surface area contributed by atoms with E-state index in [-0.39, 0.29) is 18.2 Å². The lowest BCUT2D eigenvalue weighted by atomic mass is 10.1. The van der Waals surface area contributed by atoms with Crippen molar-refractivity contribution >= 4 is 27.5 Å². The van der Waals surface area contributed by atoms with Crippen molar-refractivity contribution in [1.82, 2.24) is 30.5 Å². The maximum absolute atomic E-state index is 12.1. The van der Waals surface area contributed by atoms with Crippen LogP contribution < -0.4 is 5.32 Å². The van der Waals surface area contributed by atoms with Crippen LogP contribution in [0, 0.1) is 11.3 Å². The molecular weight excluding hydrogens is 402 g/mol. The summed E-state index contributed by atoms with van der Waals surface area (Å²) in [5, 5.41) is 20.6. The lowest BCUT2D eigenvalue weighted by Gasteiger charge is -2.06. The van der Waals surface area contributed by atoms with Gasteiger partial charge in [-0.15, -0.1) is 21.5 Å². The highest BCUT2D eigenvalue weighted by Gasteiger charge is 2.44. The average molecular weight is 417 g/mol. The molecule has 0 spiro atoms. The van der Waals surface area contributed by atoms with Crippen molar-refractivity contribution in [3.05, 3.63) is 53.7 Å². The summed E-state index contributed by atoms with van der Waals surface area (Å²) in [7, 11) is 0. The Morgan fingerprint density at radius 2 is 2.00 bits per heavy atom. The van der Waals surface area contributed by atoms with Crippen LogP contribution in [-0.4, -0.2) is 36.6 Å². The third-order valence-corrected chi connectivity index (χ3v) is 5.81. The van der Waals surface area contributed by atoms with Gasteiger partial charge in [-0.05, 0) is 30.5 Å². The molecule has 3 aromatic heterocycles. The molecule has 0 bridgehead atoms. The standard InChI is InChI=1S/C20H15N7O2S/c21-10-20(3-4-20)25-16(28)6-17-26-27-18(29-17)7-19-24-14-2-1-12(5-15(14)30-19)13-8-22-11-23-9-13/h1-2,5,8-9,11H,3-4,6-7H2,(H,25,28). The van der Waals surface area contributed by atoms with E-state index in [1.54, 1.807) is 23.7 Å². The Kier molecular flexibility index (Phi) is 4.44. The topological polar surface area (TPSA) is 130 Å². The van der Waals surface area contributed by atoms with Gasteiger partial charge in [0.1, 0.15) is 23.3 Å². The molecule has 0 radical (unpaired) electrons. The zero-order valence-electron chi connectivity index (χ0n) is 15.7. The molecule has 1 amide bonds. The second kappa shape index (κ2) is 7.27. The summed E-state index contributed by atoms with van der Waals surface area (Å²) in [6.07, 6.45) is 6.75. The minimum Gasteiger partial charge on any atom is -0.424 e. The first-order valence-electron chi connectivity index (χ1n) is 9.31. The Labute approximate surface area is 174 Å². The average Bonchev–Trinajstić information content (AvgIpc) is 3.20. The Morgan fingerprint density at radius 1 is 1.20 bits per heavy atom. The van der Waals surface area contributed by atoms with Gasteiger partial charge in [-0.3, -0.25) is 4.79 Å². The van der Waals surface area contributed by atoms with Crippen LogP contribution in [0.25, 0.3) is 21.3 Å². The van der Waals surface area contributed by atoms with Crippen LogP contribution in [0.4, 0.5) is 0 Å². The second-order valence-corrected chi connectivity index (χ2v) is 8.22. The Hall–Kier alpha value is -3.71. The van der Waals surface area contributed by atoms with Crippen molar-refractivity contribution in [3.8, 4) is 17.2 Å². The largest absolute Gasteiger partial charge is 0.424 e. The molecule has 0 saturated heterocycles. The number of fused-ring (bicyclic) bond motifs is 1. The van der Waals surface area contributed by atoms with Gasteiger partial charge in [-0.25, -0.2) is 15.0 Å². The first kappa shape index (κ1) is 18.3. The summed E-state index contributed by atoms with van der Waals surface area (Å²) in [4.78, 5) is 24.8. The van der Waals surface area contributed by atoms with Crippen LogP contribution in [0.2, 0.25) is 0 Å². The predicted octanol–water partition coefficient (Wildman–Crippen LogP) is 2.44. The monoisotopic (exact) mass is 417 g/mol. The highest BCUT2D eigenvalue weighted by molar-refractivity contribution is 7.18. The molecule has 10 heteroatoms. The van der Waals surface area contributed by atoms with E-state index in [2.05, 4.69) is 42.6 Å². The maximum Gasteiger partial charge on any atom is 0.230 e. The van der Waals surface area contributed by atoms with Gasteiger partial charge in [0.05, 0.1) is 22.7 Å². The summed E-state index contributed by atoms with van der Waals surface area (Å²) < 4.78 is 6.64. The fourth-order valence-corrected chi connectivity index (χ4v) is 4.07. The summed E-state index contributed by atoms with van der Waals surface area (Å²) >= 11 is 1.55. The third-order valence-electron chi connectivity index (χ3n) is 4.79. The van der Waals surface area contributed by atoms with Gasteiger partial charge >= 0.3 is 0 Å². The number of aromatic nitrogens is 5. The van der Waals surface area contributed by atoms with E-state index in [1.165, 1.54) is 6.33 Å². The van der Waals surface area contributed by atoms with Crippen molar-refractivity contribution in [1.29, 1.82) is 5.26 Å². The summed E-state index contributed by atoms with van der Waals surface area (Å²) in [6, 6.07) is 8.13. The quantitative estimate of drug-likeness (QED) is 0.506. The number of hydrogen-bond donors (Lipinski definition) is 1. The van der Waals surface area contributed by atoms with Gasteiger partial charge < -0.3 is 9.73 Å². The van der Waals surface area contributed by atoms with Crippen LogP contribution in [0.5, 0.6) is 0 Å². The number of amides is 1. The Bertz CT molecular complexity index is 1270. The second-order valence-electron chi connectivity index (χ2n) is 7.10. The van der Waals surface area contributed by atoms with Crippen molar-refractivity contribution in [2.75, 3.05) is 0 Å². The van der Waals surface area contributed by atoms with Gasteiger partial charge in [0.2, 0.25) is 17.7 Å². The molecular formula is C20H15N7O2S. The van der Waals surface area contributed by atoms with Crippen LogP contribution in [0.15, 0.2) is 41.3 Å². The van der Waals surface area contributed by atoms with E-state index >= 15 is 0 Å². The lowest BCUT2D eigenvalue weighted by Crippen LogP contribution is -2.36. The van der Waals surface area contributed by atoms with E-state index < -0.39 is 5.54 Å². The van der Waals surface area contributed by atoms with Gasteiger partial charge in [0.25, 0.3) is 0 Å². The normalized spacial score (nSPS) is 14.4. The molecule has 5 rings (SSSR count). The SMILES string of the molecule is N#CC1(NC(=O)Cc2nnc(Cc3nc4ccc(-c5cncnc5)cc4s3)o2)CC1. The highest BCUT2D eigenvalue weighted by atomic mass is 32.1.